The van der Waals surface area contributed by atoms with Crippen LogP contribution in [0, 0.1) is 0 Å². The molecule has 0 saturated carbocycles. The van der Waals surface area contributed by atoms with Crippen LogP contribution < -0.4 is 0 Å². The number of nitrogens with zero attached hydrogens (tertiary/aromatic N) is 6. The van der Waals surface area contributed by atoms with E-state index in [0.29, 0.717) is 0 Å². The SMILES string of the molecule is c1ccc(-c2nc(-c3cccc4c3ccc3oc5ccccc5c34)nc3c2ccc2ccccc23)cc1.c1ccc(-c2nc(-c3cccc4c3ccc3oc5ccccc5c34)nc3ccc4ccccc4c23)cc1.c1ccc(-c2nc(-c3cccc4c3ccc3oc5ccccc5c34)nc3ccccc23)cc1. The number of rotatable bonds is 6. The molecule has 0 radical (unpaired) electrons. The van der Waals surface area contributed by atoms with E-state index in [1.54, 1.807) is 0 Å². The average molecular weight is 1370 g/mol. The highest BCUT2D eigenvalue weighted by atomic mass is 16.3. The zero-order valence-electron chi connectivity index (χ0n) is 57.4. The smallest absolute Gasteiger partial charge is 0.161 e. The standard InChI is InChI=1S/2C34H20N2O.C30H18N2O/c1-2-10-22(11-3-1)33-32-23-12-5-4-9-21(23)17-19-28(32)35-34(36-33)26-15-8-14-25-24(26)18-20-30-31(25)27-13-6-7-16-29(27)37-30;1-2-10-22(11-3-1)32-28-18-17-21-9-4-5-12-23(21)33(28)36-34(35-32)26-15-8-14-25-24(26)19-20-30-31(25)27-13-6-7-16-29(27)37-30;1-2-9-19(10-3-1)29-23-11-4-6-15-25(23)31-30(32-29)22-14-8-13-21-20(22)17-18-27-28(21)24-12-5-7-16-26(24)33-27/h2*1-20H;1-18H. The summed E-state index contributed by atoms with van der Waals surface area (Å²) in [5.74, 6) is 2.17. The Labute approximate surface area is 611 Å². The maximum absolute atomic E-state index is 6.16. The van der Waals surface area contributed by atoms with Gasteiger partial charge in [0.15, 0.2) is 17.5 Å². The van der Waals surface area contributed by atoms with E-state index in [-0.39, 0.29) is 0 Å². The van der Waals surface area contributed by atoms with Crippen LogP contribution in [0.3, 0.4) is 0 Å². The number of aromatic nitrogens is 6. The molecular formula is C98H58N6O3. The normalized spacial score (nSPS) is 11.7. The first kappa shape index (κ1) is 61.2. The number of furan rings is 3. The summed E-state index contributed by atoms with van der Waals surface area (Å²) >= 11 is 0. The first-order valence-corrected chi connectivity index (χ1v) is 35.9. The number of para-hydroxylation sites is 4. The third kappa shape index (κ3) is 10.3. The van der Waals surface area contributed by atoms with Gasteiger partial charge in [-0.15, -0.1) is 0 Å². The zero-order valence-corrected chi connectivity index (χ0v) is 57.4. The molecule has 9 heteroatoms. The number of hydrogen-bond acceptors (Lipinski definition) is 9. The molecule has 6 aromatic heterocycles. The molecule has 9 nitrogen and oxygen atoms in total. The van der Waals surface area contributed by atoms with E-state index >= 15 is 0 Å². The van der Waals surface area contributed by atoms with Crippen LogP contribution in [0.25, 0.3) is 220 Å². The van der Waals surface area contributed by atoms with Gasteiger partial charge in [-0.2, -0.15) is 0 Å². The van der Waals surface area contributed by atoms with Crippen molar-refractivity contribution in [1.29, 1.82) is 0 Å². The lowest BCUT2D eigenvalue weighted by Crippen LogP contribution is -1.96. The molecule has 23 rings (SSSR count). The molecule has 0 unspecified atom stereocenters. The molecule has 0 fully saturated rings. The Morgan fingerprint density at radius 2 is 0.514 bits per heavy atom. The van der Waals surface area contributed by atoms with Crippen LogP contribution in [0.2, 0.25) is 0 Å². The van der Waals surface area contributed by atoms with E-state index in [0.717, 1.165) is 210 Å². The van der Waals surface area contributed by atoms with Crippen LogP contribution in [-0.2, 0) is 0 Å². The van der Waals surface area contributed by atoms with Crippen LogP contribution in [0.4, 0.5) is 0 Å². The molecule has 23 aromatic rings. The van der Waals surface area contributed by atoms with E-state index in [1.807, 2.05) is 78.9 Å². The molecule has 17 aromatic carbocycles. The Hall–Kier alpha value is -14.5. The maximum atomic E-state index is 6.16. The van der Waals surface area contributed by atoms with Gasteiger partial charge in [-0.3, -0.25) is 0 Å². The quantitative estimate of drug-likeness (QED) is 0.150. The minimum atomic E-state index is 0.722. The molecule has 0 spiro atoms. The third-order valence-electron chi connectivity index (χ3n) is 20.8. The Bertz CT molecular complexity index is 7520. The molecule has 0 N–H and O–H groups in total. The van der Waals surface area contributed by atoms with Crippen LogP contribution in [0.1, 0.15) is 0 Å². The van der Waals surface area contributed by atoms with Gasteiger partial charge >= 0.3 is 0 Å². The summed E-state index contributed by atoms with van der Waals surface area (Å²) in [7, 11) is 0. The predicted molar refractivity (Wildman–Crippen MR) is 441 cm³/mol. The molecule has 6 heterocycles. The monoisotopic (exact) mass is 1370 g/mol. The highest BCUT2D eigenvalue weighted by molar-refractivity contribution is 6.24. The van der Waals surface area contributed by atoms with Crippen LogP contribution >= 0.6 is 0 Å². The third-order valence-corrected chi connectivity index (χ3v) is 20.8. The molecule has 0 bridgehead atoms. The highest BCUT2D eigenvalue weighted by Gasteiger charge is 2.22. The van der Waals surface area contributed by atoms with Crippen LogP contribution in [0.5, 0.6) is 0 Å². The Kier molecular flexibility index (Phi) is 14.4. The molecular weight excluding hydrogens is 1310 g/mol. The lowest BCUT2D eigenvalue weighted by molar-refractivity contribution is 0.669. The van der Waals surface area contributed by atoms with Gasteiger partial charge in [-0.05, 0) is 121 Å². The topological polar surface area (TPSA) is 117 Å². The number of hydrogen-bond donors (Lipinski definition) is 0. The van der Waals surface area contributed by atoms with E-state index in [4.69, 9.17) is 43.2 Å². The van der Waals surface area contributed by atoms with Crippen molar-refractivity contribution in [1.82, 2.24) is 29.9 Å². The second-order valence-electron chi connectivity index (χ2n) is 27.0. The number of benzene rings is 17. The average Bonchev–Trinajstić information content (AvgIpc) is 1.73. The lowest BCUT2D eigenvalue weighted by atomic mass is 9.97. The predicted octanol–water partition coefficient (Wildman–Crippen LogP) is 26.4. The Morgan fingerprint density at radius 3 is 1.01 bits per heavy atom. The Morgan fingerprint density at radius 1 is 0.168 bits per heavy atom. The van der Waals surface area contributed by atoms with Crippen molar-refractivity contribution in [3.05, 3.63) is 352 Å². The molecule has 107 heavy (non-hydrogen) atoms. The fourth-order valence-electron chi connectivity index (χ4n) is 16.0. The van der Waals surface area contributed by atoms with E-state index in [1.165, 1.54) is 10.8 Å². The largest absolute Gasteiger partial charge is 0.456 e. The highest BCUT2D eigenvalue weighted by Crippen LogP contribution is 2.44. The summed E-state index contributed by atoms with van der Waals surface area (Å²) in [5, 5.41) is 21.4. The molecule has 0 saturated heterocycles. The number of fused-ring (bicyclic) bond motifs is 22. The summed E-state index contributed by atoms with van der Waals surface area (Å²) in [6.45, 7) is 0. The summed E-state index contributed by atoms with van der Waals surface area (Å²) in [4.78, 5) is 30.8. The summed E-state index contributed by atoms with van der Waals surface area (Å²) < 4.78 is 18.4. The van der Waals surface area contributed by atoms with E-state index in [9.17, 15) is 0 Å². The summed E-state index contributed by atoms with van der Waals surface area (Å²) in [6, 6.07) is 121. The van der Waals surface area contributed by atoms with Crippen molar-refractivity contribution in [2.24, 2.45) is 0 Å². The fraction of sp³-hybridized carbons (Fsp3) is 0. The molecule has 0 aliphatic heterocycles. The van der Waals surface area contributed by atoms with Crippen molar-refractivity contribution in [2.75, 3.05) is 0 Å². The lowest BCUT2D eigenvalue weighted by Gasteiger charge is -2.13. The fourth-order valence-corrected chi connectivity index (χ4v) is 16.0. The van der Waals surface area contributed by atoms with Crippen molar-refractivity contribution < 1.29 is 13.3 Å². The maximum Gasteiger partial charge on any atom is 0.161 e. The zero-order chi connectivity index (χ0) is 70.5. The van der Waals surface area contributed by atoms with E-state index in [2.05, 4.69) is 273 Å². The Balaban J connectivity index is 0.000000103. The molecule has 0 amide bonds. The first-order chi connectivity index (χ1) is 53.1. The second-order valence-corrected chi connectivity index (χ2v) is 27.0. The van der Waals surface area contributed by atoms with Gasteiger partial charge in [-0.1, -0.05) is 279 Å². The second kappa shape index (κ2) is 25.2. The van der Waals surface area contributed by atoms with Crippen LogP contribution in [0.15, 0.2) is 365 Å². The van der Waals surface area contributed by atoms with Crippen LogP contribution in [-0.4, -0.2) is 29.9 Å². The van der Waals surface area contributed by atoms with E-state index < -0.39 is 0 Å². The molecule has 498 valence electrons. The summed E-state index contributed by atoms with van der Waals surface area (Å²) in [6.07, 6.45) is 0. The van der Waals surface area contributed by atoms with Crippen molar-refractivity contribution in [3.8, 4) is 67.9 Å². The van der Waals surface area contributed by atoms with Gasteiger partial charge in [0.1, 0.15) is 33.5 Å². The van der Waals surface area contributed by atoms with Gasteiger partial charge < -0.3 is 13.3 Å². The van der Waals surface area contributed by atoms with Gasteiger partial charge in [0.2, 0.25) is 0 Å². The minimum Gasteiger partial charge on any atom is -0.456 e. The van der Waals surface area contributed by atoms with Gasteiger partial charge in [0.05, 0.1) is 33.6 Å². The van der Waals surface area contributed by atoms with Gasteiger partial charge in [0.25, 0.3) is 0 Å². The first-order valence-electron chi connectivity index (χ1n) is 35.9. The molecule has 0 atom stereocenters. The molecule has 0 aliphatic rings. The van der Waals surface area contributed by atoms with Gasteiger partial charge in [0, 0.05) is 87.2 Å². The summed E-state index contributed by atoms with van der Waals surface area (Å²) in [5.41, 5.74) is 17.3. The van der Waals surface area contributed by atoms with Crippen molar-refractivity contribution >= 4 is 152 Å². The molecule has 0 aliphatic carbocycles. The van der Waals surface area contributed by atoms with Crippen molar-refractivity contribution in [2.45, 2.75) is 0 Å². The minimum absolute atomic E-state index is 0.722. The van der Waals surface area contributed by atoms with Crippen molar-refractivity contribution in [3.63, 3.8) is 0 Å². The van der Waals surface area contributed by atoms with Gasteiger partial charge in [-0.25, -0.2) is 29.9 Å².